The number of hydrogen-bond donors (Lipinski definition) is 1. The first-order chi connectivity index (χ1) is 10.9. The van der Waals surface area contributed by atoms with E-state index in [4.69, 9.17) is 5.11 Å². The normalized spacial score (nSPS) is 19.7. The largest absolute Gasteiger partial charge is 0.481 e. The summed E-state index contributed by atoms with van der Waals surface area (Å²) in [7, 11) is 0. The lowest BCUT2D eigenvalue weighted by atomic mass is 10.00. The Labute approximate surface area is 138 Å². The van der Waals surface area contributed by atoms with Gasteiger partial charge in [-0.2, -0.15) is 13.2 Å². The van der Waals surface area contributed by atoms with Crippen LogP contribution in [0.15, 0.2) is 29.2 Å². The molecule has 0 radical (unpaired) electrons. The van der Waals surface area contributed by atoms with E-state index in [-0.39, 0.29) is 17.4 Å². The number of hydrogen-bond acceptors (Lipinski definition) is 3. The molecule has 1 aromatic rings. The smallest absolute Gasteiger partial charge is 0.417 e. The fourth-order valence-electron chi connectivity index (χ4n) is 2.78. The number of carboxylic acid groups (broad SMARTS) is 1. The van der Waals surface area contributed by atoms with E-state index in [0.717, 1.165) is 43.8 Å². The summed E-state index contributed by atoms with van der Waals surface area (Å²) in [6, 6.07) is 5.74. The molecule has 1 aliphatic rings. The maximum absolute atomic E-state index is 13.1. The average Bonchev–Trinajstić information content (AvgIpc) is 2.48. The molecule has 1 atom stereocenters. The van der Waals surface area contributed by atoms with Gasteiger partial charge in [0.15, 0.2) is 0 Å². The zero-order valence-corrected chi connectivity index (χ0v) is 13.5. The Morgan fingerprint density at radius 2 is 2.04 bits per heavy atom. The second-order valence-corrected chi connectivity index (χ2v) is 6.75. The van der Waals surface area contributed by atoms with Crippen LogP contribution >= 0.6 is 11.9 Å². The number of carbonyl (C=O) groups is 1. The number of benzene rings is 1. The molecular formula is C16H20F3NO2S. The Hall–Kier alpha value is -1.21. The van der Waals surface area contributed by atoms with E-state index in [9.17, 15) is 18.0 Å². The SMILES string of the molecule is O=C(O)CCCC1CCCCN1Sc1ccccc1C(F)(F)F. The van der Waals surface area contributed by atoms with Gasteiger partial charge in [0.25, 0.3) is 0 Å². The zero-order valence-electron chi connectivity index (χ0n) is 12.7. The molecule has 128 valence electrons. The third kappa shape index (κ3) is 5.42. The predicted octanol–water partition coefficient (Wildman–Crippen LogP) is 4.82. The lowest BCUT2D eigenvalue weighted by Gasteiger charge is -2.35. The summed E-state index contributed by atoms with van der Waals surface area (Å²) < 4.78 is 41.3. The van der Waals surface area contributed by atoms with Gasteiger partial charge in [-0.1, -0.05) is 18.6 Å². The highest BCUT2D eigenvalue weighted by atomic mass is 32.2. The van der Waals surface area contributed by atoms with Crippen LogP contribution in [-0.2, 0) is 11.0 Å². The molecule has 1 aromatic carbocycles. The summed E-state index contributed by atoms with van der Waals surface area (Å²) in [5.41, 5.74) is -0.611. The van der Waals surface area contributed by atoms with Gasteiger partial charge in [-0.05, 0) is 49.8 Å². The summed E-state index contributed by atoms with van der Waals surface area (Å²) in [5, 5.41) is 8.73. The van der Waals surface area contributed by atoms with Gasteiger partial charge in [0.05, 0.1) is 5.56 Å². The van der Waals surface area contributed by atoms with Crippen molar-refractivity contribution in [3.8, 4) is 0 Å². The Morgan fingerprint density at radius 1 is 1.30 bits per heavy atom. The van der Waals surface area contributed by atoms with Gasteiger partial charge in [-0.15, -0.1) is 0 Å². The Kier molecular flexibility index (Phi) is 6.35. The van der Waals surface area contributed by atoms with Crippen LogP contribution < -0.4 is 0 Å². The summed E-state index contributed by atoms with van der Waals surface area (Å²) in [6.07, 6.45) is -0.106. The van der Waals surface area contributed by atoms with Gasteiger partial charge < -0.3 is 5.11 Å². The Bertz CT molecular complexity index is 536. The second-order valence-electron chi connectivity index (χ2n) is 5.66. The standard InChI is InChI=1S/C16H20F3NO2S/c17-16(18,19)13-8-1-2-9-14(13)23-20-11-4-3-6-12(20)7-5-10-15(21)22/h1-2,8-9,12H,3-7,10-11H2,(H,21,22). The van der Waals surface area contributed by atoms with Crippen molar-refractivity contribution < 1.29 is 23.1 Å². The van der Waals surface area contributed by atoms with E-state index in [0.29, 0.717) is 12.8 Å². The number of halogens is 3. The van der Waals surface area contributed by atoms with Crippen LogP contribution in [0.5, 0.6) is 0 Å². The third-order valence-electron chi connectivity index (χ3n) is 3.91. The third-order valence-corrected chi connectivity index (χ3v) is 5.18. The first kappa shape index (κ1) is 18.1. The molecule has 0 saturated carbocycles. The maximum Gasteiger partial charge on any atom is 0.417 e. The molecule has 3 nitrogen and oxygen atoms in total. The number of carboxylic acids is 1. The maximum atomic E-state index is 13.1. The molecule has 1 saturated heterocycles. The van der Waals surface area contributed by atoms with E-state index in [1.165, 1.54) is 12.1 Å². The molecule has 0 amide bonds. The molecule has 1 unspecified atom stereocenters. The highest BCUT2D eigenvalue weighted by molar-refractivity contribution is 7.97. The fraction of sp³-hybridized carbons (Fsp3) is 0.562. The van der Waals surface area contributed by atoms with Crippen molar-refractivity contribution in [2.75, 3.05) is 6.54 Å². The van der Waals surface area contributed by atoms with E-state index < -0.39 is 17.7 Å². The van der Waals surface area contributed by atoms with Crippen molar-refractivity contribution in [1.82, 2.24) is 4.31 Å². The summed E-state index contributed by atoms with van der Waals surface area (Å²) in [6.45, 7) is 0.731. The summed E-state index contributed by atoms with van der Waals surface area (Å²) in [5.74, 6) is -0.831. The fourth-order valence-corrected chi connectivity index (χ4v) is 4.03. The first-order valence-electron chi connectivity index (χ1n) is 7.70. The second kappa shape index (κ2) is 8.06. The van der Waals surface area contributed by atoms with E-state index in [1.54, 1.807) is 6.07 Å². The minimum absolute atomic E-state index is 0.105. The molecule has 0 bridgehead atoms. The van der Waals surface area contributed by atoms with Crippen LogP contribution in [0.1, 0.15) is 44.1 Å². The van der Waals surface area contributed by atoms with Crippen molar-refractivity contribution in [1.29, 1.82) is 0 Å². The van der Waals surface area contributed by atoms with E-state index >= 15 is 0 Å². The van der Waals surface area contributed by atoms with Gasteiger partial charge in [0, 0.05) is 23.9 Å². The molecule has 1 heterocycles. The average molecular weight is 347 g/mol. The van der Waals surface area contributed by atoms with Crippen molar-refractivity contribution in [2.45, 2.75) is 55.6 Å². The van der Waals surface area contributed by atoms with Gasteiger partial charge in [-0.25, -0.2) is 4.31 Å². The molecule has 1 fully saturated rings. The quantitative estimate of drug-likeness (QED) is 0.749. The van der Waals surface area contributed by atoms with Crippen molar-refractivity contribution >= 4 is 17.9 Å². The van der Waals surface area contributed by atoms with Gasteiger partial charge >= 0.3 is 12.1 Å². The van der Waals surface area contributed by atoms with Crippen molar-refractivity contribution in [3.63, 3.8) is 0 Å². The molecular weight excluding hydrogens is 327 g/mol. The highest BCUT2D eigenvalue weighted by Crippen LogP contribution is 2.40. The molecule has 0 aliphatic carbocycles. The topological polar surface area (TPSA) is 40.5 Å². The lowest BCUT2D eigenvalue weighted by Crippen LogP contribution is -2.34. The number of alkyl halides is 3. The molecule has 2 rings (SSSR count). The number of rotatable bonds is 6. The van der Waals surface area contributed by atoms with Crippen LogP contribution in [0.2, 0.25) is 0 Å². The van der Waals surface area contributed by atoms with Crippen LogP contribution in [0.25, 0.3) is 0 Å². The summed E-state index contributed by atoms with van der Waals surface area (Å²) in [4.78, 5) is 10.8. The van der Waals surface area contributed by atoms with Crippen LogP contribution in [0, 0.1) is 0 Å². The first-order valence-corrected chi connectivity index (χ1v) is 8.48. The van der Waals surface area contributed by atoms with Crippen molar-refractivity contribution in [3.05, 3.63) is 29.8 Å². The molecule has 1 aliphatic heterocycles. The van der Waals surface area contributed by atoms with Crippen LogP contribution in [0.4, 0.5) is 13.2 Å². The van der Waals surface area contributed by atoms with Gasteiger partial charge in [-0.3, -0.25) is 4.79 Å². The molecule has 0 spiro atoms. The number of aliphatic carboxylic acids is 1. The Balaban J connectivity index is 2.06. The van der Waals surface area contributed by atoms with Crippen LogP contribution in [0.3, 0.4) is 0 Å². The Morgan fingerprint density at radius 3 is 2.74 bits per heavy atom. The monoisotopic (exact) mass is 347 g/mol. The lowest BCUT2D eigenvalue weighted by molar-refractivity contribution is -0.140. The van der Waals surface area contributed by atoms with Gasteiger partial charge in [0.2, 0.25) is 0 Å². The number of nitrogens with zero attached hydrogens (tertiary/aromatic N) is 1. The molecule has 1 N–H and O–H groups in total. The van der Waals surface area contributed by atoms with E-state index in [1.807, 2.05) is 4.31 Å². The van der Waals surface area contributed by atoms with Gasteiger partial charge in [0.1, 0.15) is 0 Å². The number of piperidine rings is 1. The molecule has 0 aromatic heterocycles. The minimum Gasteiger partial charge on any atom is -0.481 e. The van der Waals surface area contributed by atoms with Crippen LogP contribution in [-0.4, -0.2) is 28.0 Å². The minimum atomic E-state index is -4.36. The highest BCUT2D eigenvalue weighted by Gasteiger charge is 2.34. The summed E-state index contributed by atoms with van der Waals surface area (Å²) >= 11 is 1.15. The zero-order chi connectivity index (χ0) is 16.9. The van der Waals surface area contributed by atoms with Crippen molar-refractivity contribution in [2.24, 2.45) is 0 Å². The molecule has 7 heteroatoms. The molecule has 23 heavy (non-hydrogen) atoms. The van der Waals surface area contributed by atoms with E-state index in [2.05, 4.69) is 0 Å². The predicted molar refractivity (Wildman–Crippen MR) is 83.1 cm³/mol.